The lowest BCUT2D eigenvalue weighted by atomic mass is 10.2. The Hall–Kier alpha value is -2.66. The van der Waals surface area contributed by atoms with Crippen LogP contribution in [0.25, 0.3) is 0 Å². The number of aryl methyl sites for hydroxylation is 1. The summed E-state index contributed by atoms with van der Waals surface area (Å²) in [5, 5.41) is 19.5. The fourth-order valence-electron chi connectivity index (χ4n) is 4.98. The lowest BCUT2D eigenvalue weighted by Crippen LogP contribution is -2.47. The number of likely N-dealkylation sites (N-methyl/N-ethyl adjacent to an activating group) is 1. The van der Waals surface area contributed by atoms with E-state index in [-0.39, 0.29) is 6.17 Å². The average molecular weight is 512 g/mol. The van der Waals surface area contributed by atoms with Crippen LogP contribution in [0.2, 0.25) is 0 Å². The molecule has 2 aromatic rings. The zero-order chi connectivity index (χ0) is 26.0. The van der Waals surface area contributed by atoms with Crippen LogP contribution in [0.15, 0.2) is 30.6 Å². The van der Waals surface area contributed by atoms with Gasteiger partial charge in [0.15, 0.2) is 5.84 Å². The zero-order valence-corrected chi connectivity index (χ0v) is 22.8. The van der Waals surface area contributed by atoms with Crippen molar-refractivity contribution in [1.82, 2.24) is 34.9 Å². The van der Waals surface area contributed by atoms with Gasteiger partial charge in [-0.2, -0.15) is 0 Å². The van der Waals surface area contributed by atoms with Gasteiger partial charge in [0.05, 0.1) is 19.6 Å². The number of hydrogen-bond donors (Lipinski definition) is 4. The van der Waals surface area contributed by atoms with Gasteiger partial charge in [-0.3, -0.25) is 10.7 Å². The van der Waals surface area contributed by atoms with Crippen molar-refractivity contribution in [3.63, 3.8) is 0 Å². The first kappa shape index (κ1) is 27.4. The standard InChI is InChI=1S/C27H45N9O/c1-4-33-16-18-34(19-17-33)12-5-13-36-21-31-25(26(28)35-14-10-29-11-15-35)27(36)32-22(2)30-20-23-6-8-24(37-3)9-7-23/h6-9,21-22,28-30,32H,4-5,10-20H2,1-3H3. The quantitative estimate of drug-likeness (QED) is 0.194. The molecule has 1 aromatic carbocycles. The summed E-state index contributed by atoms with van der Waals surface area (Å²) in [7, 11) is 1.68. The minimum atomic E-state index is 0.00856. The second kappa shape index (κ2) is 13.8. The van der Waals surface area contributed by atoms with Crippen LogP contribution < -0.4 is 20.7 Å². The highest BCUT2D eigenvalue weighted by Crippen LogP contribution is 2.19. The number of hydrogen-bond acceptors (Lipinski definition) is 8. The van der Waals surface area contributed by atoms with Crippen LogP contribution in [0.5, 0.6) is 5.75 Å². The third-order valence-electron chi connectivity index (χ3n) is 7.41. The summed E-state index contributed by atoms with van der Waals surface area (Å²) in [5.41, 5.74) is 1.93. The van der Waals surface area contributed by atoms with Gasteiger partial charge in [-0.25, -0.2) is 4.98 Å². The Kier molecular flexibility index (Phi) is 10.2. The molecule has 1 unspecified atom stereocenters. The monoisotopic (exact) mass is 511 g/mol. The number of aromatic nitrogens is 2. The Morgan fingerprint density at radius 3 is 2.43 bits per heavy atom. The molecule has 0 bridgehead atoms. The number of nitrogens with one attached hydrogen (secondary N) is 4. The van der Waals surface area contributed by atoms with E-state index in [0.717, 1.165) is 102 Å². The first-order valence-electron chi connectivity index (χ1n) is 13.7. The SMILES string of the molecule is CCN1CCN(CCCn2cnc(C(=N)N3CCNCC3)c2NC(C)NCc2ccc(OC)cc2)CC1. The Morgan fingerprint density at radius 2 is 1.76 bits per heavy atom. The normalized spacial score (nSPS) is 18.1. The molecule has 0 saturated carbocycles. The van der Waals surface area contributed by atoms with Gasteiger partial charge in [-0.05, 0) is 44.1 Å². The van der Waals surface area contributed by atoms with Crippen molar-refractivity contribution in [2.75, 3.05) is 77.9 Å². The summed E-state index contributed by atoms with van der Waals surface area (Å²) in [5.74, 6) is 2.29. The molecule has 2 aliphatic heterocycles. The number of benzene rings is 1. The maximum absolute atomic E-state index is 8.91. The predicted molar refractivity (Wildman–Crippen MR) is 150 cm³/mol. The molecule has 10 nitrogen and oxygen atoms in total. The molecule has 3 heterocycles. The van der Waals surface area contributed by atoms with E-state index in [1.165, 1.54) is 5.56 Å². The minimum absolute atomic E-state index is 0.00856. The van der Waals surface area contributed by atoms with Crippen molar-refractivity contribution in [1.29, 1.82) is 5.41 Å². The molecule has 4 N–H and O–H groups in total. The van der Waals surface area contributed by atoms with Gasteiger partial charge in [-0.15, -0.1) is 0 Å². The summed E-state index contributed by atoms with van der Waals surface area (Å²) in [4.78, 5) is 11.9. The number of imidazole rings is 1. The molecule has 1 aromatic heterocycles. The highest BCUT2D eigenvalue weighted by molar-refractivity contribution is 5.99. The van der Waals surface area contributed by atoms with E-state index in [2.05, 4.69) is 61.2 Å². The molecular formula is C27H45N9O. The topological polar surface area (TPSA) is 96.7 Å². The molecule has 204 valence electrons. The van der Waals surface area contributed by atoms with Gasteiger partial charge in [-0.1, -0.05) is 19.1 Å². The molecule has 2 saturated heterocycles. The lowest BCUT2D eigenvalue weighted by Gasteiger charge is -2.34. The maximum Gasteiger partial charge on any atom is 0.151 e. The van der Waals surface area contributed by atoms with Crippen molar-refractivity contribution in [3.05, 3.63) is 41.9 Å². The molecule has 1 atom stereocenters. The van der Waals surface area contributed by atoms with E-state index >= 15 is 0 Å². The van der Waals surface area contributed by atoms with Crippen molar-refractivity contribution in [2.24, 2.45) is 0 Å². The second-order valence-electron chi connectivity index (χ2n) is 9.95. The fourth-order valence-corrected chi connectivity index (χ4v) is 4.98. The molecule has 37 heavy (non-hydrogen) atoms. The minimum Gasteiger partial charge on any atom is -0.497 e. The highest BCUT2D eigenvalue weighted by Gasteiger charge is 2.23. The first-order chi connectivity index (χ1) is 18.1. The zero-order valence-electron chi connectivity index (χ0n) is 22.8. The van der Waals surface area contributed by atoms with Crippen LogP contribution in [0.4, 0.5) is 5.82 Å². The predicted octanol–water partition coefficient (Wildman–Crippen LogP) is 1.70. The van der Waals surface area contributed by atoms with Crippen molar-refractivity contribution in [2.45, 2.75) is 39.5 Å². The molecule has 0 amide bonds. The number of piperazine rings is 2. The number of anilines is 1. The van der Waals surface area contributed by atoms with E-state index in [1.54, 1.807) is 7.11 Å². The van der Waals surface area contributed by atoms with E-state index in [4.69, 9.17) is 15.1 Å². The van der Waals surface area contributed by atoms with E-state index < -0.39 is 0 Å². The van der Waals surface area contributed by atoms with E-state index in [9.17, 15) is 0 Å². The Balaban J connectivity index is 1.38. The molecule has 4 rings (SSSR count). The van der Waals surface area contributed by atoms with Crippen LogP contribution in [0.1, 0.15) is 31.5 Å². The van der Waals surface area contributed by atoms with Gasteiger partial charge in [0, 0.05) is 65.4 Å². The summed E-state index contributed by atoms with van der Waals surface area (Å²) in [6.45, 7) is 16.3. The number of amidine groups is 1. The third kappa shape index (κ3) is 7.67. The molecule has 2 aliphatic rings. The Labute approximate surface area is 221 Å². The van der Waals surface area contributed by atoms with Crippen LogP contribution >= 0.6 is 0 Å². The molecule has 10 heteroatoms. The van der Waals surface area contributed by atoms with Gasteiger partial charge >= 0.3 is 0 Å². The first-order valence-corrected chi connectivity index (χ1v) is 13.7. The number of ether oxygens (including phenoxy) is 1. The second-order valence-corrected chi connectivity index (χ2v) is 9.95. The largest absolute Gasteiger partial charge is 0.497 e. The van der Waals surface area contributed by atoms with Crippen LogP contribution in [-0.4, -0.2) is 109 Å². The third-order valence-corrected chi connectivity index (χ3v) is 7.41. The summed E-state index contributed by atoms with van der Waals surface area (Å²) in [6.07, 6.45) is 2.97. The Bertz CT molecular complexity index is 963. The summed E-state index contributed by atoms with van der Waals surface area (Å²) >= 11 is 0. The molecule has 2 fully saturated rings. The van der Waals surface area contributed by atoms with Gasteiger partial charge in [0.2, 0.25) is 0 Å². The molecular weight excluding hydrogens is 466 g/mol. The number of rotatable bonds is 12. The maximum atomic E-state index is 8.91. The van der Waals surface area contributed by atoms with Gasteiger partial charge < -0.3 is 34.6 Å². The van der Waals surface area contributed by atoms with Crippen molar-refractivity contribution >= 4 is 11.7 Å². The molecule has 0 radical (unpaired) electrons. The van der Waals surface area contributed by atoms with E-state index in [1.807, 2.05) is 18.5 Å². The van der Waals surface area contributed by atoms with Gasteiger partial charge in [0.25, 0.3) is 0 Å². The fraction of sp³-hybridized carbons (Fsp3) is 0.630. The highest BCUT2D eigenvalue weighted by atomic mass is 16.5. The number of nitrogens with zero attached hydrogens (tertiary/aromatic N) is 5. The average Bonchev–Trinajstić information content (AvgIpc) is 3.34. The van der Waals surface area contributed by atoms with E-state index in [0.29, 0.717) is 5.84 Å². The van der Waals surface area contributed by atoms with Crippen LogP contribution in [-0.2, 0) is 13.1 Å². The van der Waals surface area contributed by atoms with Crippen LogP contribution in [0.3, 0.4) is 0 Å². The molecule has 0 aliphatic carbocycles. The Morgan fingerprint density at radius 1 is 1.05 bits per heavy atom. The molecule has 0 spiro atoms. The lowest BCUT2D eigenvalue weighted by molar-refractivity contribution is 0.135. The summed E-state index contributed by atoms with van der Waals surface area (Å²) in [6, 6.07) is 8.13. The summed E-state index contributed by atoms with van der Waals surface area (Å²) < 4.78 is 7.46. The van der Waals surface area contributed by atoms with Crippen LogP contribution in [0, 0.1) is 5.41 Å². The van der Waals surface area contributed by atoms with Crippen molar-refractivity contribution < 1.29 is 4.74 Å². The van der Waals surface area contributed by atoms with Crippen molar-refractivity contribution in [3.8, 4) is 5.75 Å². The van der Waals surface area contributed by atoms with Gasteiger partial charge in [0.1, 0.15) is 17.3 Å². The smallest absolute Gasteiger partial charge is 0.151 e. The number of methoxy groups -OCH3 is 1.